The third kappa shape index (κ3) is 4.13. The summed E-state index contributed by atoms with van der Waals surface area (Å²) in [5.74, 6) is 0.575. The number of aryl methyl sites for hydroxylation is 3. The highest BCUT2D eigenvalue weighted by Crippen LogP contribution is 2.26. The Balaban J connectivity index is 1.40. The maximum absolute atomic E-state index is 12.9. The molecule has 0 spiro atoms. The lowest BCUT2D eigenvalue weighted by Gasteiger charge is -2.07. The van der Waals surface area contributed by atoms with Crippen molar-refractivity contribution in [3.63, 3.8) is 0 Å². The van der Waals surface area contributed by atoms with Crippen LogP contribution in [0.4, 0.5) is 5.69 Å². The molecule has 1 N–H and O–H groups in total. The summed E-state index contributed by atoms with van der Waals surface area (Å²) in [6.07, 6.45) is 0. The zero-order valence-electron chi connectivity index (χ0n) is 18.4. The topological polar surface area (TPSA) is 73.0 Å². The molecule has 2 heterocycles. The van der Waals surface area contributed by atoms with Crippen molar-refractivity contribution >= 4 is 34.2 Å². The van der Waals surface area contributed by atoms with Crippen LogP contribution in [0.25, 0.3) is 28.0 Å². The number of benzene rings is 3. The van der Waals surface area contributed by atoms with Crippen LogP contribution in [0.2, 0.25) is 5.02 Å². The Morgan fingerprint density at radius 1 is 0.848 bits per heavy atom. The first-order chi connectivity index (χ1) is 15.9. The number of furan rings is 1. The van der Waals surface area contributed by atoms with E-state index in [0.29, 0.717) is 22.0 Å². The highest BCUT2D eigenvalue weighted by molar-refractivity contribution is 6.30. The van der Waals surface area contributed by atoms with Gasteiger partial charge in [0.05, 0.1) is 5.69 Å². The summed E-state index contributed by atoms with van der Waals surface area (Å²) in [5.41, 5.74) is 7.05. The van der Waals surface area contributed by atoms with Crippen LogP contribution in [-0.4, -0.2) is 20.9 Å². The lowest BCUT2D eigenvalue weighted by molar-refractivity contribution is 0.0997. The molecular weight excluding hydrogens is 436 g/mol. The lowest BCUT2D eigenvalue weighted by Crippen LogP contribution is -2.11. The first-order valence-electron chi connectivity index (χ1n) is 10.5. The fourth-order valence-electron chi connectivity index (χ4n) is 3.59. The van der Waals surface area contributed by atoms with Gasteiger partial charge in [0.25, 0.3) is 5.91 Å². The molecule has 0 unspecified atom stereocenters. The fraction of sp³-hybridized carbons (Fsp3) is 0.115. The van der Waals surface area contributed by atoms with Gasteiger partial charge < -0.3 is 9.73 Å². The van der Waals surface area contributed by atoms with E-state index in [4.69, 9.17) is 16.0 Å². The number of carbonyl (C=O) groups excluding carboxylic acids is 1. The largest absolute Gasteiger partial charge is 0.451 e. The highest BCUT2D eigenvalue weighted by Gasteiger charge is 2.16. The van der Waals surface area contributed by atoms with E-state index in [1.807, 2.05) is 49.4 Å². The van der Waals surface area contributed by atoms with Crippen LogP contribution in [0.5, 0.6) is 0 Å². The molecule has 0 aliphatic carbocycles. The normalized spacial score (nSPS) is 11.2. The predicted octanol–water partition coefficient (Wildman–Crippen LogP) is 6.51. The summed E-state index contributed by atoms with van der Waals surface area (Å²) in [5, 5.41) is 12.7. The van der Waals surface area contributed by atoms with Gasteiger partial charge in [-0.2, -0.15) is 4.80 Å². The summed E-state index contributed by atoms with van der Waals surface area (Å²) < 4.78 is 5.84. The van der Waals surface area contributed by atoms with Crippen molar-refractivity contribution in [1.29, 1.82) is 0 Å². The van der Waals surface area contributed by atoms with Crippen LogP contribution in [0.15, 0.2) is 71.1 Å². The van der Waals surface area contributed by atoms with Gasteiger partial charge in [-0.05, 0) is 92.1 Å². The van der Waals surface area contributed by atoms with E-state index in [2.05, 4.69) is 35.4 Å². The van der Waals surface area contributed by atoms with Crippen LogP contribution in [0, 0.1) is 20.8 Å². The third-order valence-electron chi connectivity index (χ3n) is 5.65. The maximum Gasteiger partial charge on any atom is 0.291 e. The van der Waals surface area contributed by atoms with E-state index < -0.39 is 0 Å². The van der Waals surface area contributed by atoms with Crippen molar-refractivity contribution in [2.24, 2.45) is 0 Å². The Kier molecular flexibility index (Phi) is 5.23. The minimum atomic E-state index is -0.322. The Hall–Kier alpha value is -3.90. The Labute approximate surface area is 195 Å². The number of rotatable bonds is 4. The van der Waals surface area contributed by atoms with Crippen molar-refractivity contribution < 1.29 is 9.21 Å². The number of nitrogens with one attached hydrogen (secondary N) is 1. The Morgan fingerprint density at radius 2 is 1.58 bits per heavy atom. The molecule has 0 aliphatic rings. The number of fused-ring (bicyclic) bond motifs is 1. The molecule has 5 aromatic rings. The van der Waals surface area contributed by atoms with Crippen molar-refractivity contribution in [2.45, 2.75) is 20.8 Å². The summed E-state index contributed by atoms with van der Waals surface area (Å²) in [6, 6.07) is 20.6. The first-order valence-corrected chi connectivity index (χ1v) is 10.9. The monoisotopic (exact) mass is 456 g/mol. The summed E-state index contributed by atoms with van der Waals surface area (Å²) in [4.78, 5) is 14.4. The maximum atomic E-state index is 12.9. The Morgan fingerprint density at radius 3 is 2.30 bits per heavy atom. The molecule has 2 aromatic heterocycles. The van der Waals surface area contributed by atoms with Crippen LogP contribution in [-0.2, 0) is 0 Å². The molecule has 3 aromatic carbocycles. The van der Waals surface area contributed by atoms with Crippen molar-refractivity contribution in [1.82, 2.24) is 15.0 Å². The molecule has 33 heavy (non-hydrogen) atoms. The second-order valence-corrected chi connectivity index (χ2v) is 8.48. The Bertz CT molecular complexity index is 1500. The first kappa shape index (κ1) is 21.0. The van der Waals surface area contributed by atoms with E-state index >= 15 is 0 Å². The van der Waals surface area contributed by atoms with E-state index in [1.54, 1.807) is 23.0 Å². The average molecular weight is 457 g/mol. The number of nitrogens with zero attached hydrogens (tertiary/aromatic N) is 3. The van der Waals surface area contributed by atoms with Crippen molar-refractivity contribution in [3.8, 4) is 17.0 Å². The molecule has 5 rings (SSSR count). The molecule has 0 atom stereocenters. The number of hydrogen-bond acceptors (Lipinski definition) is 4. The van der Waals surface area contributed by atoms with Gasteiger partial charge in [0.2, 0.25) is 0 Å². The molecule has 0 bridgehead atoms. The number of amides is 1. The van der Waals surface area contributed by atoms with Gasteiger partial charge in [0.1, 0.15) is 16.8 Å². The molecule has 0 aliphatic heterocycles. The number of anilines is 1. The quantitative estimate of drug-likeness (QED) is 0.334. The minimum Gasteiger partial charge on any atom is -0.451 e. The van der Waals surface area contributed by atoms with Crippen LogP contribution in [0.1, 0.15) is 27.2 Å². The molecule has 7 heteroatoms. The highest BCUT2D eigenvalue weighted by atomic mass is 35.5. The molecule has 164 valence electrons. The van der Waals surface area contributed by atoms with Gasteiger partial charge in [0, 0.05) is 16.3 Å². The van der Waals surface area contributed by atoms with Crippen LogP contribution >= 0.6 is 11.6 Å². The standard InChI is InChI=1S/C26H21ClN4O2/c1-15-4-5-18(12-16(15)2)24-10-11-25(33-24)26(32)28-21-14-23-22(13-17(21)3)29-31(30-23)20-8-6-19(27)7-9-20/h4-14H,1-3H3,(H,28,32). The van der Waals surface area contributed by atoms with Gasteiger partial charge in [-0.1, -0.05) is 23.7 Å². The second kappa shape index (κ2) is 8.22. The van der Waals surface area contributed by atoms with Gasteiger partial charge >= 0.3 is 0 Å². The van der Waals surface area contributed by atoms with E-state index in [-0.39, 0.29) is 11.7 Å². The predicted molar refractivity (Wildman–Crippen MR) is 130 cm³/mol. The summed E-state index contributed by atoms with van der Waals surface area (Å²) >= 11 is 5.97. The van der Waals surface area contributed by atoms with Gasteiger partial charge in [0.15, 0.2) is 5.76 Å². The van der Waals surface area contributed by atoms with Crippen molar-refractivity contribution in [3.05, 3.63) is 94.2 Å². The van der Waals surface area contributed by atoms with Gasteiger partial charge in [-0.25, -0.2) is 0 Å². The minimum absolute atomic E-state index is 0.243. The van der Waals surface area contributed by atoms with E-state index in [0.717, 1.165) is 22.3 Å². The van der Waals surface area contributed by atoms with Gasteiger partial charge in [-0.3, -0.25) is 4.79 Å². The molecule has 0 saturated carbocycles. The smallest absolute Gasteiger partial charge is 0.291 e. The molecule has 0 fully saturated rings. The average Bonchev–Trinajstić information content (AvgIpc) is 3.44. The summed E-state index contributed by atoms with van der Waals surface area (Å²) in [7, 11) is 0. The zero-order valence-corrected chi connectivity index (χ0v) is 19.1. The van der Waals surface area contributed by atoms with Crippen molar-refractivity contribution in [2.75, 3.05) is 5.32 Å². The fourth-order valence-corrected chi connectivity index (χ4v) is 3.71. The summed E-state index contributed by atoms with van der Waals surface area (Å²) in [6.45, 7) is 6.03. The van der Waals surface area contributed by atoms with Gasteiger partial charge in [-0.15, -0.1) is 10.2 Å². The molecule has 1 amide bonds. The number of hydrogen-bond donors (Lipinski definition) is 1. The molecule has 0 saturated heterocycles. The van der Waals surface area contributed by atoms with Crippen LogP contribution < -0.4 is 5.32 Å². The molecular formula is C26H21ClN4O2. The number of halogens is 1. The number of carbonyl (C=O) groups is 1. The lowest BCUT2D eigenvalue weighted by atomic mass is 10.1. The third-order valence-corrected chi connectivity index (χ3v) is 5.91. The SMILES string of the molecule is Cc1ccc(-c2ccc(C(=O)Nc3cc4nn(-c5ccc(Cl)cc5)nc4cc3C)o2)cc1C. The zero-order chi connectivity index (χ0) is 23.1. The molecule has 6 nitrogen and oxygen atoms in total. The number of aromatic nitrogens is 3. The second-order valence-electron chi connectivity index (χ2n) is 8.04. The van der Waals surface area contributed by atoms with E-state index in [1.165, 1.54) is 11.1 Å². The van der Waals surface area contributed by atoms with Crippen LogP contribution in [0.3, 0.4) is 0 Å². The molecule has 0 radical (unpaired) electrons. The van der Waals surface area contributed by atoms with E-state index in [9.17, 15) is 4.79 Å².